The zero-order valence-electron chi connectivity index (χ0n) is 19.6. The van der Waals surface area contributed by atoms with Crippen LogP contribution in [0.15, 0.2) is 42.5 Å². The SMILES string of the molecule is CCC[C@]1(C2CCN(Cc3ccc4ccccc4c3)CC2)NC(=O)N(C[C@@H]2CCCO2)C1=O. The molecule has 176 valence electrons. The lowest BCUT2D eigenvalue weighted by Gasteiger charge is -2.41. The van der Waals surface area contributed by atoms with Crippen molar-refractivity contribution >= 4 is 22.7 Å². The van der Waals surface area contributed by atoms with Gasteiger partial charge in [0.1, 0.15) is 5.54 Å². The van der Waals surface area contributed by atoms with Gasteiger partial charge in [0.2, 0.25) is 0 Å². The zero-order valence-corrected chi connectivity index (χ0v) is 19.6. The number of imide groups is 1. The Kier molecular flexibility index (Phi) is 6.39. The molecule has 3 saturated heterocycles. The van der Waals surface area contributed by atoms with E-state index in [1.807, 2.05) is 0 Å². The largest absolute Gasteiger partial charge is 0.376 e. The summed E-state index contributed by atoms with van der Waals surface area (Å²) in [5.74, 6) is 0.147. The van der Waals surface area contributed by atoms with Gasteiger partial charge in [-0.25, -0.2) is 4.79 Å². The Morgan fingerprint density at radius 3 is 2.58 bits per heavy atom. The van der Waals surface area contributed by atoms with Crippen molar-refractivity contribution in [3.8, 4) is 0 Å². The van der Waals surface area contributed by atoms with Crippen molar-refractivity contribution in [2.24, 2.45) is 5.92 Å². The summed E-state index contributed by atoms with van der Waals surface area (Å²) in [6.07, 6.45) is 5.34. The molecule has 2 aromatic rings. The number of likely N-dealkylation sites (tertiary alicyclic amines) is 1. The summed E-state index contributed by atoms with van der Waals surface area (Å²) < 4.78 is 5.70. The minimum Gasteiger partial charge on any atom is -0.376 e. The van der Waals surface area contributed by atoms with Crippen LogP contribution in [0, 0.1) is 5.92 Å². The second kappa shape index (κ2) is 9.43. The first-order chi connectivity index (χ1) is 16.1. The molecule has 3 aliphatic heterocycles. The highest BCUT2D eigenvalue weighted by atomic mass is 16.5. The summed E-state index contributed by atoms with van der Waals surface area (Å²) >= 11 is 0. The molecule has 1 N–H and O–H groups in total. The zero-order chi connectivity index (χ0) is 22.8. The number of fused-ring (bicyclic) bond motifs is 1. The molecule has 0 radical (unpaired) electrons. The van der Waals surface area contributed by atoms with Crippen molar-refractivity contribution in [2.45, 2.75) is 63.6 Å². The van der Waals surface area contributed by atoms with Gasteiger partial charge in [0.05, 0.1) is 12.6 Å². The molecule has 2 aromatic carbocycles. The fourth-order valence-corrected chi connectivity index (χ4v) is 6.03. The number of hydrogen-bond donors (Lipinski definition) is 1. The van der Waals surface area contributed by atoms with Crippen molar-refractivity contribution in [3.63, 3.8) is 0 Å². The third-order valence-corrected chi connectivity index (χ3v) is 7.76. The normalized spacial score (nSPS) is 26.9. The van der Waals surface area contributed by atoms with E-state index in [9.17, 15) is 9.59 Å². The smallest absolute Gasteiger partial charge is 0.325 e. The molecule has 3 heterocycles. The number of ether oxygens (including phenoxy) is 1. The van der Waals surface area contributed by atoms with Crippen LogP contribution in [0.1, 0.15) is 51.0 Å². The van der Waals surface area contributed by atoms with E-state index in [2.05, 4.69) is 59.6 Å². The number of amides is 3. The number of nitrogens with zero attached hydrogens (tertiary/aromatic N) is 2. The Balaban J connectivity index is 1.24. The summed E-state index contributed by atoms with van der Waals surface area (Å²) in [6, 6.07) is 14.9. The Morgan fingerprint density at radius 2 is 1.85 bits per heavy atom. The van der Waals surface area contributed by atoms with Gasteiger partial charge in [-0.2, -0.15) is 0 Å². The quantitative estimate of drug-likeness (QED) is 0.640. The molecule has 0 bridgehead atoms. The van der Waals surface area contributed by atoms with E-state index < -0.39 is 5.54 Å². The fraction of sp³-hybridized carbons (Fsp3) is 0.556. The third-order valence-electron chi connectivity index (χ3n) is 7.76. The molecule has 5 rings (SSSR count). The second-order valence-corrected chi connectivity index (χ2v) is 9.93. The first-order valence-electron chi connectivity index (χ1n) is 12.5. The van der Waals surface area contributed by atoms with E-state index in [1.54, 1.807) is 0 Å². The van der Waals surface area contributed by atoms with Gasteiger partial charge in [0.25, 0.3) is 5.91 Å². The molecule has 6 heteroatoms. The van der Waals surface area contributed by atoms with Gasteiger partial charge in [-0.15, -0.1) is 0 Å². The predicted molar refractivity (Wildman–Crippen MR) is 129 cm³/mol. The van der Waals surface area contributed by atoms with Crippen LogP contribution < -0.4 is 5.32 Å². The van der Waals surface area contributed by atoms with Gasteiger partial charge in [0, 0.05) is 13.2 Å². The number of carbonyl (C=O) groups is 2. The van der Waals surface area contributed by atoms with Crippen molar-refractivity contribution in [2.75, 3.05) is 26.2 Å². The predicted octanol–water partition coefficient (Wildman–Crippen LogP) is 4.32. The van der Waals surface area contributed by atoms with Crippen LogP contribution in [0.2, 0.25) is 0 Å². The number of nitrogens with one attached hydrogen (secondary N) is 1. The number of benzene rings is 2. The molecule has 3 amide bonds. The van der Waals surface area contributed by atoms with Crippen LogP contribution in [0.5, 0.6) is 0 Å². The highest BCUT2D eigenvalue weighted by Crippen LogP contribution is 2.38. The maximum Gasteiger partial charge on any atom is 0.325 e. The minimum absolute atomic E-state index is 0.0130. The first kappa shape index (κ1) is 22.4. The van der Waals surface area contributed by atoms with Crippen molar-refractivity contribution in [1.82, 2.24) is 15.1 Å². The van der Waals surface area contributed by atoms with E-state index in [0.29, 0.717) is 13.0 Å². The van der Waals surface area contributed by atoms with E-state index in [1.165, 1.54) is 21.2 Å². The summed E-state index contributed by atoms with van der Waals surface area (Å²) in [6.45, 7) is 6.01. The Morgan fingerprint density at radius 1 is 1.06 bits per heavy atom. The van der Waals surface area contributed by atoms with E-state index in [0.717, 1.165) is 58.3 Å². The molecule has 0 aliphatic carbocycles. The van der Waals surface area contributed by atoms with Crippen LogP contribution in [0.4, 0.5) is 4.79 Å². The van der Waals surface area contributed by atoms with Crippen LogP contribution in [0.25, 0.3) is 10.8 Å². The van der Waals surface area contributed by atoms with Crippen LogP contribution in [0.3, 0.4) is 0 Å². The monoisotopic (exact) mass is 449 g/mol. The molecule has 33 heavy (non-hydrogen) atoms. The number of hydrogen-bond acceptors (Lipinski definition) is 4. The van der Waals surface area contributed by atoms with Gasteiger partial charge in [-0.1, -0.05) is 49.7 Å². The number of piperidine rings is 1. The fourth-order valence-electron chi connectivity index (χ4n) is 6.03. The molecule has 6 nitrogen and oxygen atoms in total. The summed E-state index contributed by atoms with van der Waals surface area (Å²) in [5, 5.41) is 5.70. The highest BCUT2D eigenvalue weighted by Gasteiger charge is 2.55. The Bertz CT molecular complexity index is 1010. The maximum absolute atomic E-state index is 13.6. The van der Waals surface area contributed by atoms with E-state index in [-0.39, 0.29) is 24.0 Å². The molecule has 2 atom stereocenters. The van der Waals surface area contributed by atoms with Crippen molar-refractivity contribution in [3.05, 3.63) is 48.0 Å². The lowest BCUT2D eigenvalue weighted by atomic mass is 9.74. The van der Waals surface area contributed by atoms with Gasteiger partial charge in [0.15, 0.2) is 0 Å². The van der Waals surface area contributed by atoms with Crippen molar-refractivity contribution in [1.29, 1.82) is 0 Å². The standard InChI is InChI=1S/C27H35N3O3/c1-2-13-27(25(31)30(26(32)28-27)19-24-8-5-16-33-24)23-11-14-29(15-12-23)18-20-9-10-21-6-3-4-7-22(21)17-20/h3-4,6-7,9-10,17,23-24H,2,5,8,11-16,18-19H2,1H3,(H,28,32)/t24-,27+/m0/s1. The summed E-state index contributed by atoms with van der Waals surface area (Å²) in [5.41, 5.74) is 0.572. The number of carbonyl (C=O) groups excluding carboxylic acids is 2. The third kappa shape index (κ3) is 4.38. The topological polar surface area (TPSA) is 61.9 Å². The molecule has 0 saturated carbocycles. The average molecular weight is 450 g/mol. The first-order valence-corrected chi connectivity index (χ1v) is 12.5. The number of urea groups is 1. The molecule has 3 aliphatic rings. The molecule has 3 fully saturated rings. The molecular formula is C27H35N3O3. The summed E-state index contributed by atoms with van der Waals surface area (Å²) in [7, 11) is 0. The van der Waals surface area contributed by atoms with Gasteiger partial charge >= 0.3 is 6.03 Å². The van der Waals surface area contributed by atoms with Gasteiger partial charge in [-0.05, 0) is 73.5 Å². The van der Waals surface area contributed by atoms with Crippen molar-refractivity contribution < 1.29 is 14.3 Å². The maximum atomic E-state index is 13.6. The lowest BCUT2D eigenvalue weighted by molar-refractivity contribution is -0.135. The molecular weight excluding hydrogens is 414 g/mol. The molecule has 0 spiro atoms. The summed E-state index contributed by atoms with van der Waals surface area (Å²) in [4.78, 5) is 30.3. The second-order valence-electron chi connectivity index (χ2n) is 9.93. The van der Waals surface area contributed by atoms with Gasteiger partial charge < -0.3 is 10.1 Å². The minimum atomic E-state index is -0.751. The Labute approximate surface area is 196 Å². The molecule has 0 aromatic heterocycles. The van der Waals surface area contributed by atoms with Crippen LogP contribution >= 0.6 is 0 Å². The Hall–Kier alpha value is -2.44. The number of rotatable bonds is 7. The van der Waals surface area contributed by atoms with Gasteiger partial charge in [-0.3, -0.25) is 14.6 Å². The average Bonchev–Trinajstić information content (AvgIpc) is 3.43. The lowest BCUT2D eigenvalue weighted by Crippen LogP contribution is -2.56. The molecule has 0 unspecified atom stereocenters. The van der Waals surface area contributed by atoms with E-state index in [4.69, 9.17) is 4.74 Å². The van der Waals surface area contributed by atoms with E-state index >= 15 is 0 Å². The van der Waals surface area contributed by atoms with Crippen LogP contribution in [-0.4, -0.2) is 59.6 Å². The van der Waals surface area contributed by atoms with Crippen LogP contribution in [-0.2, 0) is 16.1 Å². The highest BCUT2D eigenvalue weighted by molar-refractivity contribution is 6.07.